The van der Waals surface area contributed by atoms with Gasteiger partial charge in [0.25, 0.3) is 0 Å². The van der Waals surface area contributed by atoms with E-state index in [0.717, 1.165) is 0 Å². The van der Waals surface area contributed by atoms with Crippen molar-refractivity contribution in [2.75, 3.05) is 6.61 Å². The van der Waals surface area contributed by atoms with Gasteiger partial charge >= 0.3 is 5.97 Å². The van der Waals surface area contributed by atoms with Crippen LogP contribution in [0.2, 0.25) is 0 Å². The summed E-state index contributed by atoms with van der Waals surface area (Å²) in [6.07, 6.45) is -0.222. The molecule has 0 aromatic heterocycles. The molecular weight excluding hydrogens is 234 g/mol. The average molecular weight is 249 g/mol. The summed E-state index contributed by atoms with van der Waals surface area (Å²) in [6.45, 7) is 3.97. The third-order valence-electron chi connectivity index (χ3n) is 2.28. The summed E-state index contributed by atoms with van der Waals surface area (Å²) in [5, 5.41) is 18.0. The Kier molecular flexibility index (Phi) is 5.00. The van der Waals surface area contributed by atoms with Crippen molar-refractivity contribution in [1.29, 1.82) is 5.26 Å². The van der Waals surface area contributed by atoms with Crippen LogP contribution in [-0.2, 0) is 0 Å². The number of carbonyl (C=O) groups is 1. The fourth-order valence-electron chi connectivity index (χ4n) is 1.42. The molecule has 0 aliphatic rings. The summed E-state index contributed by atoms with van der Waals surface area (Å²) in [5.74, 6) is -0.661. The molecule has 0 bridgehead atoms. The maximum Gasteiger partial charge on any atom is 0.339 e. The summed E-state index contributed by atoms with van der Waals surface area (Å²) >= 11 is 0. The highest BCUT2D eigenvalue weighted by atomic mass is 16.5. The molecule has 1 aromatic carbocycles. The number of aromatic carboxylic acids is 1. The Labute approximate surface area is 106 Å². The number of hydrogen-bond donors (Lipinski definition) is 1. The summed E-state index contributed by atoms with van der Waals surface area (Å²) < 4.78 is 10.7. The van der Waals surface area contributed by atoms with Crippen molar-refractivity contribution >= 4 is 5.97 Å². The predicted molar refractivity (Wildman–Crippen MR) is 64.9 cm³/mol. The number of ether oxygens (including phenoxy) is 2. The van der Waals surface area contributed by atoms with E-state index >= 15 is 0 Å². The topological polar surface area (TPSA) is 79.6 Å². The largest absolute Gasteiger partial charge is 0.490 e. The number of para-hydroxylation sites is 1. The number of carboxylic acid groups (broad SMARTS) is 1. The van der Waals surface area contributed by atoms with Gasteiger partial charge in [0.1, 0.15) is 11.6 Å². The lowest BCUT2D eigenvalue weighted by Gasteiger charge is -2.16. The first kappa shape index (κ1) is 13.8. The number of nitriles is 1. The van der Waals surface area contributed by atoms with Crippen LogP contribution in [0, 0.1) is 11.3 Å². The summed E-state index contributed by atoms with van der Waals surface area (Å²) in [4.78, 5) is 11.1. The third-order valence-corrected chi connectivity index (χ3v) is 2.28. The molecule has 1 aromatic rings. The number of rotatable bonds is 6. The first-order chi connectivity index (χ1) is 8.63. The zero-order valence-electron chi connectivity index (χ0n) is 10.3. The molecule has 5 heteroatoms. The Balaban J connectivity index is 3.18. The Morgan fingerprint density at radius 3 is 2.72 bits per heavy atom. The minimum atomic E-state index is -1.11. The second kappa shape index (κ2) is 6.50. The van der Waals surface area contributed by atoms with E-state index < -0.39 is 12.1 Å². The lowest BCUT2D eigenvalue weighted by molar-refractivity contribution is 0.0689. The van der Waals surface area contributed by atoms with Crippen LogP contribution in [0.5, 0.6) is 11.5 Å². The van der Waals surface area contributed by atoms with Crippen molar-refractivity contribution in [3.63, 3.8) is 0 Å². The normalized spacial score (nSPS) is 11.4. The molecule has 18 heavy (non-hydrogen) atoms. The second-order valence-corrected chi connectivity index (χ2v) is 3.51. The highest BCUT2D eigenvalue weighted by molar-refractivity contribution is 5.92. The number of benzene rings is 1. The van der Waals surface area contributed by atoms with Crippen LogP contribution in [0.1, 0.15) is 30.6 Å². The molecule has 0 amide bonds. The molecule has 0 radical (unpaired) electrons. The van der Waals surface area contributed by atoms with Gasteiger partial charge < -0.3 is 14.6 Å². The van der Waals surface area contributed by atoms with Gasteiger partial charge in [-0.3, -0.25) is 0 Å². The predicted octanol–water partition coefficient (Wildman–Crippen LogP) is 2.46. The molecule has 1 rings (SSSR count). The fourth-order valence-corrected chi connectivity index (χ4v) is 1.42. The molecule has 0 aliphatic carbocycles. The minimum Gasteiger partial charge on any atom is -0.490 e. The molecule has 96 valence electrons. The molecule has 1 atom stereocenters. The summed E-state index contributed by atoms with van der Waals surface area (Å²) in [7, 11) is 0. The van der Waals surface area contributed by atoms with Gasteiger partial charge in [0, 0.05) is 0 Å². The van der Waals surface area contributed by atoms with Crippen LogP contribution >= 0.6 is 0 Å². The number of carboxylic acids is 1. The molecular formula is C13H15NO4. The van der Waals surface area contributed by atoms with Crippen molar-refractivity contribution in [3.8, 4) is 17.6 Å². The maximum atomic E-state index is 11.1. The lowest BCUT2D eigenvalue weighted by atomic mass is 10.2. The van der Waals surface area contributed by atoms with Gasteiger partial charge in [0.15, 0.2) is 17.6 Å². The van der Waals surface area contributed by atoms with Gasteiger partial charge in [-0.25, -0.2) is 4.79 Å². The van der Waals surface area contributed by atoms with Crippen molar-refractivity contribution < 1.29 is 19.4 Å². The average Bonchev–Trinajstić information content (AvgIpc) is 2.37. The number of hydrogen-bond acceptors (Lipinski definition) is 4. The van der Waals surface area contributed by atoms with E-state index in [1.165, 1.54) is 6.07 Å². The molecule has 0 heterocycles. The smallest absolute Gasteiger partial charge is 0.339 e. The monoisotopic (exact) mass is 249 g/mol. The molecule has 0 spiro atoms. The van der Waals surface area contributed by atoms with Crippen molar-refractivity contribution in [1.82, 2.24) is 0 Å². The van der Waals surface area contributed by atoms with Crippen LogP contribution in [0.25, 0.3) is 0 Å². The van der Waals surface area contributed by atoms with Crippen LogP contribution in [-0.4, -0.2) is 23.8 Å². The van der Waals surface area contributed by atoms with Crippen LogP contribution in [0.4, 0.5) is 0 Å². The molecule has 1 unspecified atom stereocenters. The SMILES string of the molecule is CCOc1cccc(C(=O)O)c1OC(C#N)CC. The molecule has 5 nitrogen and oxygen atoms in total. The summed E-state index contributed by atoms with van der Waals surface area (Å²) in [5.41, 5.74) is -0.00495. The van der Waals surface area contributed by atoms with Crippen molar-refractivity contribution in [2.24, 2.45) is 0 Å². The molecule has 1 N–H and O–H groups in total. The van der Waals surface area contributed by atoms with Gasteiger partial charge in [0.2, 0.25) is 0 Å². The van der Waals surface area contributed by atoms with E-state index in [9.17, 15) is 4.79 Å². The van der Waals surface area contributed by atoms with Gasteiger partial charge in [-0.2, -0.15) is 5.26 Å². The minimum absolute atomic E-state index is 0.00495. The lowest BCUT2D eigenvalue weighted by Crippen LogP contribution is -2.15. The Hall–Kier alpha value is -2.22. The maximum absolute atomic E-state index is 11.1. The van der Waals surface area contributed by atoms with E-state index in [2.05, 4.69) is 0 Å². The zero-order valence-corrected chi connectivity index (χ0v) is 10.3. The Morgan fingerprint density at radius 2 is 2.22 bits per heavy atom. The van der Waals surface area contributed by atoms with E-state index in [0.29, 0.717) is 18.8 Å². The molecule has 0 saturated carbocycles. The molecule has 0 fully saturated rings. The molecule has 0 saturated heterocycles. The van der Waals surface area contributed by atoms with Crippen LogP contribution < -0.4 is 9.47 Å². The quantitative estimate of drug-likeness (QED) is 0.837. The molecule has 0 aliphatic heterocycles. The zero-order chi connectivity index (χ0) is 13.5. The first-order valence-corrected chi connectivity index (χ1v) is 5.69. The van der Waals surface area contributed by atoms with Gasteiger partial charge in [-0.05, 0) is 25.5 Å². The fraction of sp³-hybridized carbons (Fsp3) is 0.385. The van der Waals surface area contributed by atoms with E-state index in [4.69, 9.17) is 19.8 Å². The van der Waals surface area contributed by atoms with E-state index in [-0.39, 0.29) is 11.3 Å². The van der Waals surface area contributed by atoms with Crippen LogP contribution in [0.15, 0.2) is 18.2 Å². The van der Waals surface area contributed by atoms with Crippen molar-refractivity contribution in [2.45, 2.75) is 26.4 Å². The van der Waals surface area contributed by atoms with Gasteiger partial charge in [-0.15, -0.1) is 0 Å². The van der Waals surface area contributed by atoms with E-state index in [1.54, 1.807) is 26.0 Å². The standard InChI is InChI=1S/C13H15NO4/c1-3-9(8-14)18-12-10(13(15)16)6-5-7-11(12)17-4-2/h5-7,9H,3-4H2,1-2H3,(H,15,16). The number of nitrogens with zero attached hydrogens (tertiary/aromatic N) is 1. The van der Waals surface area contributed by atoms with E-state index in [1.807, 2.05) is 6.07 Å². The first-order valence-electron chi connectivity index (χ1n) is 5.69. The highest BCUT2D eigenvalue weighted by Gasteiger charge is 2.19. The highest BCUT2D eigenvalue weighted by Crippen LogP contribution is 2.32. The second-order valence-electron chi connectivity index (χ2n) is 3.51. The Morgan fingerprint density at radius 1 is 1.50 bits per heavy atom. The van der Waals surface area contributed by atoms with Gasteiger partial charge in [-0.1, -0.05) is 13.0 Å². The summed E-state index contributed by atoms with van der Waals surface area (Å²) in [6, 6.07) is 6.58. The Bertz CT molecular complexity index is 465. The third kappa shape index (κ3) is 3.14. The van der Waals surface area contributed by atoms with Crippen molar-refractivity contribution in [3.05, 3.63) is 23.8 Å². The van der Waals surface area contributed by atoms with Gasteiger partial charge in [0.05, 0.1) is 6.61 Å². The van der Waals surface area contributed by atoms with Crippen LogP contribution in [0.3, 0.4) is 0 Å².